The first kappa shape index (κ1) is 25.0. The van der Waals surface area contributed by atoms with Gasteiger partial charge in [0.1, 0.15) is 0 Å². The Morgan fingerprint density at radius 2 is 1.90 bits per heavy atom. The summed E-state index contributed by atoms with van der Waals surface area (Å²) in [6, 6.07) is 5.85. The molecule has 0 spiro atoms. The van der Waals surface area contributed by atoms with Crippen molar-refractivity contribution in [1.29, 1.82) is 0 Å². The van der Waals surface area contributed by atoms with Gasteiger partial charge in [0.25, 0.3) is 0 Å². The Morgan fingerprint density at radius 3 is 2.53 bits per heavy atom. The number of methoxy groups -OCH3 is 1. The highest BCUT2D eigenvalue weighted by atomic mass is 127. The molecule has 30 heavy (non-hydrogen) atoms. The second-order valence-corrected chi connectivity index (χ2v) is 7.73. The van der Waals surface area contributed by atoms with E-state index in [0.717, 1.165) is 50.2 Å². The molecule has 1 heterocycles. The molecule has 0 aromatic heterocycles. The Bertz CT molecular complexity index is 674. The number of morpholine rings is 1. The van der Waals surface area contributed by atoms with Crippen LogP contribution in [0.25, 0.3) is 0 Å². The smallest absolute Gasteiger partial charge is 0.195 e. The lowest BCUT2D eigenvalue weighted by atomic mass is 9.80. The van der Waals surface area contributed by atoms with Crippen LogP contribution in [0.3, 0.4) is 0 Å². The molecule has 1 saturated carbocycles. The SMILES string of the molecule is CCOc1ccc(NC(=NC)NCC2(N3CCOCC3)CCCCC2)cc1OC.I. The zero-order valence-electron chi connectivity index (χ0n) is 18.5. The normalized spacial score (nSPS) is 19.5. The monoisotopic (exact) mass is 532 g/mol. The molecule has 1 aliphatic carbocycles. The van der Waals surface area contributed by atoms with Crippen molar-refractivity contribution in [3.05, 3.63) is 18.2 Å². The van der Waals surface area contributed by atoms with Gasteiger partial charge in [0.15, 0.2) is 17.5 Å². The van der Waals surface area contributed by atoms with Crippen molar-refractivity contribution < 1.29 is 14.2 Å². The fraction of sp³-hybridized carbons (Fsp3) is 0.682. The van der Waals surface area contributed by atoms with Crippen molar-refractivity contribution in [2.45, 2.75) is 44.6 Å². The van der Waals surface area contributed by atoms with Gasteiger partial charge in [-0.05, 0) is 31.9 Å². The van der Waals surface area contributed by atoms with Crippen molar-refractivity contribution in [1.82, 2.24) is 10.2 Å². The van der Waals surface area contributed by atoms with E-state index < -0.39 is 0 Å². The highest BCUT2D eigenvalue weighted by molar-refractivity contribution is 14.0. The van der Waals surface area contributed by atoms with Crippen LogP contribution >= 0.6 is 24.0 Å². The molecule has 1 saturated heterocycles. The van der Waals surface area contributed by atoms with Gasteiger partial charge in [-0.15, -0.1) is 24.0 Å². The molecule has 2 N–H and O–H groups in total. The summed E-state index contributed by atoms with van der Waals surface area (Å²) in [6.45, 7) is 7.17. The first-order valence-electron chi connectivity index (χ1n) is 10.8. The molecular weight excluding hydrogens is 495 g/mol. The Labute approximate surface area is 197 Å². The summed E-state index contributed by atoms with van der Waals surface area (Å²) in [5.74, 6) is 2.23. The second kappa shape index (κ2) is 12.6. The van der Waals surface area contributed by atoms with E-state index in [2.05, 4.69) is 20.5 Å². The third-order valence-electron chi connectivity index (χ3n) is 6.00. The van der Waals surface area contributed by atoms with Crippen LogP contribution in [-0.2, 0) is 4.74 Å². The number of aliphatic imine (C=N–C) groups is 1. The Balaban J connectivity index is 0.00000320. The highest BCUT2D eigenvalue weighted by Gasteiger charge is 2.38. The highest BCUT2D eigenvalue weighted by Crippen LogP contribution is 2.34. The minimum Gasteiger partial charge on any atom is -0.493 e. The van der Waals surface area contributed by atoms with Crippen molar-refractivity contribution in [2.75, 3.05) is 58.9 Å². The molecule has 1 aromatic carbocycles. The van der Waals surface area contributed by atoms with Crippen LogP contribution in [0.5, 0.6) is 11.5 Å². The van der Waals surface area contributed by atoms with Gasteiger partial charge in [-0.2, -0.15) is 0 Å². The van der Waals surface area contributed by atoms with E-state index in [1.54, 1.807) is 7.11 Å². The summed E-state index contributed by atoms with van der Waals surface area (Å²) in [5.41, 5.74) is 1.11. The standard InChI is InChI=1S/C22H36N4O3.HI/c1-4-29-19-9-8-18(16-20(19)27-3)25-21(23-2)24-17-22(10-6-5-7-11-22)26-12-14-28-15-13-26;/h8-9,16H,4-7,10-15,17H2,1-3H3,(H2,23,24,25);1H. The molecule has 0 radical (unpaired) electrons. The Hall–Kier alpha value is -1.26. The number of benzene rings is 1. The zero-order valence-corrected chi connectivity index (χ0v) is 20.9. The molecular formula is C22H37IN4O3. The molecule has 170 valence electrons. The topological polar surface area (TPSA) is 67.4 Å². The van der Waals surface area contributed by atoms with E-state index in [1.165, 1.54) is 32.1 Å². The summed E-state index contributed by atoms with van der Waals surface area (Å²) < 4.78 is 16.7. The molecule has 0 atom stereocenters. The minimum atomic E-state index is 0. The lowest BCUT2D eigenvalue weighted by Crippen LogP contribution is -2.60. The number of hydrogen-bond donors (Lipinski definition) is 2. The lowest BCUT2D eigenvalue weighted by molar-refractivity contribution is -0.0352. The van der Waals surface area contributed by atoms with Gasteiger partial charge in [0, 0.05) is 44.0 Å². The van der Waals surface area contributed by atoms with Gasteiger partial charge in [-0.25, -0.2) is 0 Å². The van der Waals surface area contributed by atoms with Gasteiger partial charge >= 0.3 is 0 Å². The number of rotatable bonds is 7. The van der Waals surface area contributed by atoms with Gasteiger partial charge in [0.05, 0.1) is 26.9 Å². The van der Waals surface area contributed by atoms with Crippen molar-refractivity contribution in [3.63, 3.8) is 0 Å². The minimum absolute atomic E-state index is 0. The number of guanidine groups is 1. The number of nitrogens with one attached hydrogen (secondary N) is 2. The number of ether oxygens (including phenoxy) is 3. The Kier molecular flexibility index (Phi) is 10.5. The fourth-order valence-corrected chi connectivity index (χ4v) is 4.44. The maximum atomic E-state index is 5.61. The first-order valence-corrected chi connectivity index (χ1v) is 10.8. The molecule has 3 rings (SSSR count). The second-order valence-electron chi connectivity index (χ2n) is 7.73. The molecule has 0 unspecified atom stereocenters. The average Bonchev–Trinajstić information content (AvgIpc) is 2.79. The summed E-state index contributed by atoms with van der Waals surface area (Å²) in [7, 11) is 3.47. The van der Waals surface area contributed by atoms with E-state index >= 15 is 0 Å². The first-order chi connectivity index (χ1) is 14.2. The number of nitrogens with zero attached hydrogens (tertiary/aromatic N) is 2. The van der Waals surface area contributed by atoms with Crippen LogP contribution in [0.15, 0.2) is 23.2 Å². The van der Waals surface area contributed by atoms with Crippen LogP contribution in [-0.4, -0.2) is 70.0 Å². The summed E-state index contributed by atoms with van der Waals surface area (Å²) in [6.07, 6.45) is 6.38. The molecule has 1 aromatic rings. The predicted molar refractivity (Wildman–Crippen MR) is 133 cm³/mol. The van der Waals surface area contributed by atoms with Crippen LogP contribution < -0.4 is 20.1 Å². The van der Waals surface area contributed by atoms with Gasteiger partial charge in [-0.3, -0.25) is 9.89 Å². The van der Waals surface area contributed by atoms with Gasteiger partial charge < -0.3 is 24.8 Å². The zero-order chi connectivity index (χ0) is 20.5. The molecule has 1 aliphatic heterocycles. The van der Waals surface area contributed by atoms with E-state index in [4.69, 9.17) is 14.2 Å². The fourth-order valence-electron chi connectivity index (χ4n) is 4.44. The molecule has 0 amide bonds. The van der Waals surface area contributed by atoms with E-state index in [-0.39, 0.29) is 29.5 Å². The van der Waals surface area contributed by atoms with Gasteiger partial charge in [0.2, 0.25) is 0 Å². The lowest BCUT2D eigenvalue weighted by Gasteiger charge is -2.48. The van der Waals surface area contributed by atoms with Crippen molar-refractivity contribution >= 4 is 35.6 Å². The van der Waals surface area contributed by atoms with Gasteiger partial charge in [-0.1, -0.05) is 19.3 Å². The van der Waals surface area contributed by atoms with Crippen molar-refractivity contribution in [3.8, 4) is 11.5 Å². The molecule has 2 aliphatic rings. The number of hydrogen-bond acceptors (Lipinski definition) is 5. The maximum absolute atomic E-state index is 5.61. The molecule has 2 fully saturated rings. The summed E-state index contributed by atoms with van der Waals surface area (Å²) >= 11 is 0. The number of anilines is 1. The number of halogens is 1. The van der Waals surface area contributed by atoms with E-state index in [9.17, 15) is 0 Å². The molecule has 7 nitrogen and oxygen atoms in total. The van der Waals surface area contributed by atoms with E-state index in [1.807, 2.05) is 32.2 Å². The van der Waals surface area contributed by atoms with Crippen LogP contribution in [0.4, 0.5) is 5.69 Å². The summed E-state index contributed by atoms with van der Waals surface area (Å²) in [4.78, 5) is 7.07. The van der Waals surface area contributed by atoms with Crippen molar-refractivity contribution in [2.24, 2.45) is 4.99 Å². The predicted octanol–water partition coefficient (Wildman–Crippen LogP) is 3.73. The quantitative estimate of drug-likeness (QED) is 0.317. The van der Waals surface area contributed by atoms with Crippen LogP contribution in [0.1, 0.15) is 39.0 Å². The molecule has 8 heteroatoms. The third-order valence-corrected chi connectivity index (χ3v) is 6.00. The Morgan fingerprint density at radius 1 is 1.17 bits per heavy atom. The largest absolute Gasteiger partial charge is 0.493 e. The molecule has 0 bridgehead atoms. The van der Waals surface area contributed by atoms with E-state index in [0.29, 0.717) is 12.4 Å². The van der Waals surface area contributed by atoms with Crippen LogP contribution in [0.2, 0.25) is 0 Å². The third kappa shape index (κ3) is 6.37. The summed E-state index contributed by atoms with van der Waals surface area (Å²) in [5, 5.41) is 6.98. The average molecular weight is 532 g/mol. The van der Waals surface area contributed by atoms with Crippen LogP contribution in [0, 0.1) is 0 Å². The maximum Gasteiger partial charge on any atom is 0.195 e.